The highest BCUT2D eigenvalue weighted by molar-refractivity contribution is 5.87. The number of pyridine rings is 1. The molecule has 0 aliphatic heterocycles. The number of quaternary nitrogens is 1. The number of likely N-dealkylation sites (N-methyl/N-ethyl adjacent to an activating group) is 1. The van der Waals surface area contributed by atoms with Crippen LogP contribution in [-0.2, 0) is 4.74 Å². The summed E-state index contributed by atoms with van der Waals surface area (Å²) in [6.07, 6.45) is 1.58. The van der Waals surface area contributed by atoms with Gasteiger partial charge in [-0.1, -0.05) is 6.07 Å². The molecule has 0 amide bonds. The summed E-state index contributed by atoms with van der Waals surface area (Å²) in [5, 5.41) is 0. The van der Waals surface area contributed by atoms with Crippen molar-refractivity contribution in [3.8, 4) is 0 Å². The molecule has 1 aromatic rings. The molecule has 82 valence electrons. The Morgan fingerprint density at radius 3 is 2.67 bits per heavy atom. The molecule has 0 N–H and O–H groups in total. The molecular formula is C11H17N2O2+. The molecule has 0 aliphatic carbocycles. The smallest absolute Gasteiger partial charge is 0.357 e. The normalized spacial score (nSPS) is 11.1. The number of hydrogen-bond acceptors (Lipinski definition) is 3. The van der Waals surface area contributed by atoms with Crippen molar-refractivity contribution >= 4 is 5.97 Å². The molecule has 15 heavy (non-hydrogen) atoms. The summed E-state index contributed by atoms with van der Waals surface area (Å²) >= 11 is 0. The molecule has 1 aromatic heterocycles. The predicted molar refractivity (Wildman–Crippen MR) is 57.4 cm³/mol. The second-order valence-corrected chi connectivity index (χ2v) is 4.36. The van der Waals surface area contributed by atoms with E-state index >= 15 is 0 Å². The SMILES string of the molecule is C[N+](C)(C)CCOC(=O)c1ccccn1. The van der Waals surface area contributed by atoms with Crippen molar-refractivity contribution in [1.82, 2.24) is 4.98 Å². The van der Waals surface area contributed by atoms with Crippen LogP contribution in [0.5, 0.6) is 0 Å². The van der Waals surface area contributed by atoms with Crippen molar-refractivity contribution in [2.75, 3.05) is 34.3 Å². The predicted octanol–water partition coefficient (Wildman–Crippen LogP) is 0.945. The fraction of sp³-hybridized carbons (Fsp3) is 0.455. The van der Waals surface area contributed by atoms with Crippen LogP contribution in [-0.4, -0.2) is 49.7 Å². The molecule has 0 unspecified atom stereocenters. The lowest BCUT2D eigenvalue weighted by Crippen LogP contribution is -2.38. The number of carbonyl (C=O) groups is 1. The van der Waals surface area contributed by atoms with Gasteiger partial charge in [-0.15, -0.1) is 0 Å². The van der Waals surface area contributed by atoms with Gasteiger partial charge < -0.3 is 9.22 Å². The minimum atomic E-state index is -0.357. The zero-order chi connectivity index (χ0) is 11.3. The average molecular weight is 209 g/mol. The second-order valence-electron chi connectivity index (χ2n) is 4.36. The Morgan fingerprint density at radius 2 is 2.13 bits per heavy atom. The van der Waals surface area contributed by atoms with Crippen LogP contribution in [0.1, 0.15) is 10.5 Å². The fourth-order valence-electron chi connectivity index (χ4n) is 0.970. The molecule has 0 bridgehead atoms. The summed E-state index contributed by atoms with van der Waals surface area (Å²) < 4.78 is 5.86. The van der Waals surface area contributed by atoms with Crippen molar-refractivity contribution in [3.05, 3.63) is 30.1 Å². The highest BCUT2D eigenvalue weighted by Gasteiger charge is 2.11. The standard InChI is InChI=1S/C11H17N2O2/c1-13(2,3)8-9-15-11(14)10-6-4-5-7-12-10/h4-7H,8-9H2,1-3H3/q+1. The number of esters is 1. The van der Waals surface area contributed by atoms with Crippen LogP contribution in [0.15, 0.2) is 24.4 Å². The molecule has 0 aromatic carbocycles. The van der Waals surface area contributed by atoms with E-state index in [1.54, 1.807) is 24.4 Å². The zero-order valence-electron chi connectivity index (χ0n) is 9.43. The van der Waals surface area contributed by atoms with Gasteiger partial charge in [0.15, 0.2) is 0 Å². The lowest BCUT2D eigenvalue weighted by molar-refractivity contribution is -0.870. The van der Waals surface area contributed by atoms with Crippen molar-refractivity contribution < 1.29 is 14.0 Å². The van der Waals surface area contributed by atoms with E-state index in [1.165, 1.54) is 0 Å². The van der Waals surface area contributed by atoms with E-state index in [0.717, 1.165) is 11.0 Å². The van der Waals surface area contributed by atoms with Crippen LogP contribution in [0.4, 0.5) is 0 Å². The van der Waals surface area contributed by atoms with E-state index in [0.29, 0.717) is 12.3 Å². The van der Waals surface area contributed by atoms with Gasteiger partial charge in [0.05, 0.1) is 21.1 Å². The minimum absolute atomic E-state index is 0.357. The third-order valence-electron chi connectivity index (χ3n) is 1.87. The Labute approximate surface area is 90.1 Å². The van der Waals surface area contributed by atoms with Gasteiger partial charge in [0.1, 0.15) is 18.8 Å². The Kier molecular flexibility index (Phi) is 3.80. The molecule has 0 atom stereocenters. The summed E-state index contributed by atoms with van der Waals surface area (Å²) in [5.41, 5.74) is 0.360. The Bertz CT molecular complexity index is 317. The fourth-order valence-corrected chi connectivity index (χ4v) is 0.970. The molecule has 4 heteroatoms. The summed E-state index contributed by atoms with van der Waals surface area (Å²) in [7, 11) is 6.15. The number of carbonyl (C=O) groups excluding carboxylic acids is 1. The van der Waals surface area contributed by atoms with Gasteiger partial charge in [-0.25, -0.2) is 9.78 Å². The first kappa shape index (κ1) is 11.7. The summed E-state index contributed by atoms with van der Waals surface area (Å²) in [6.45, 7) is 1.21. The minimum Gasteiger partial charge on any atom is -0.455 e. The zero-order valence-corrected chi connectivity index (χ0v) is 9.43. The van der Waals surface area contributed by atoms with E-state index in [9.17, 15) is 4.79 Å². The molecule has 0 fully saturated rings. The number of ether oxygens (including phenoxy) is 1. The van der Waals surface area contributed by atoms with Crippen LogP contribution in [0.25, 0.3) is 0 Å². The number of nitrogens with zero attached hydrogens (tertiary/aromatic N) is 2. The third kappa shape index (κ3) is 4.56. The van der Waals surface area contributed by atoms with E-state index in [1.807, 2.05) is 0 Å². The maximum atomic E-state index is 11.4. The van der Waals surface area contributed by atoms with Gasteiger partial charge in [0.25, 0.3) is 0 Å². The maximum Gasteiger partial charge on any atom is 0.357 e. The second kappa shape index (κ2) is 4.89. The molecule has 0 aliphatic rings. The van der Waals surface area contributed by atoms with Crippen LogP contribution in [0.3, 0.4) is 0 Å². The number of rotatable bonds is 4. The summed E-state index contributed by atoms with van der Waals surface area (Å²) in [6, 6.07) is 5.18. The van der Waals surface area contributed by atoms with Gasteiger partial charge in [0.2, 0.25) is 0 Å². The lowest BCUT2D eigenvalue weighted by atomic mass is 10.3. The Hall–Kier alpha value is -1.42. The summed E-state index contributed by atoms with van der Waals surface area (Å²) in [5.74, 6) is -0.357. The van der Waals surface area contributed by atoms with Crippen LogP contribution < -0.4 is 0 Å². The van der Waals surface area contributed by atoms with E-state index in [2.05, 4.69) is 26.1 Å². The average Bonchev–Trinajstić information content (AvgIpc) is 2.17. The first-order valence-corrected chi connectivity index (χ1v) is 4.88. The van der Waals surface area contributed by atoms with Gasteiger partial charge in [0, 0.05) is 6.20 Å². The molecule has 0 saturated carbocycles. The maximum absolute atomic E-state index is 11.4. The van der Waals surface area contributed by atoms with Crippen molar-refractivity contribution in [2.45, 2.75) is 0 Å². The highest BCUT2D eigenvalue weighted by Crippen LogP contribution is 1.97. The monoisotopic (exact) mass is 209 g/mol. The third-order valence-corrected chi connectivity index (χ3v) is 1.87. The number of hydrogen-bond donors (Lipinski definition) is 0. The van der Waals surface area contributed by atoms with Crippen LogP contribution in [0.2, 0.25) is 0 Å². The lowest BCUT2D eigenvalue weighted by Gasteiger charge is -2.23. The molecular weight excluding hydrogens is 192 g/mol. The first-order valence-electron chi connectivity index (χ1n) is 4.88. The first-order chi connectivity index (χ1) is 6.99. The highest BCUT2D eigenvalue weighted by atomic mass is 16.5. The Morgan fingerprint density at radius 1 is 1.40 bits per heavy atom. The Balaban J connectivity index is 2.38. The molecule has 4 nitrogen and oxygen atoms in total. The molecule has 1 rings (SSSR count). The molecule has 0 radical (unpaired) electrons. The van der Waals surface area contributed by atoms with E-state index in [4.69, 9.17) is 4.74 Å². The summed E-state index contributed by atoms with van der Waals surface area (Å²) in [4.78, 5) is 15.4. The van der Waals surface area contributed by atoms with Gasteiger partial charge in [-0.2, -0.15) is 0 Å². The largest absolute Gasteiger partial charge is 0.455 e. The molecule has 0 spiro atoms. The van der Waals surface area contributed by atoms with E-state index < -0.39 is 0 Å². The van der Waals surface area contributed by atoms with Crippen molar-refractivity contribution in [2.24, 2.45) is 0 Å². The van der Waals surface area contributed by atoms with Gasteiger partial charge in [-0.3, -0.25) is 0 Å². The molecule has 1 heterocycles. The topological polar surface area (TPSA) is 39.2 Å². The van der Waals surface area contributed by atoms with Crippen LogP contribution in [0, 0.1) is 0 Å². The molecule has 0 saturated heterocycles. The van der Waals surface area contributed by atoms with Crippen LogP contribution >= 0.6 is 0 Å². The number of aromatic nitrogens is 1. The van der Waals surface area contributed by atoms with E-state index in [-0.39, 0.29) is 5.97 Å². The quantitative estimate of drug-likeness (QED) is 0.547. The van der Waals surface area contributed by atoms with Gasteiger partial charge in [-0.05, 0) is 12.1 Å². The van der Waals surface area contributed by atoms with Crippen molar-refractivity contribution in [3.63, 3.8) is 0 Å². The van der Waals surface area contributed by atoms with Crippen molar-refractivity contribution in [1.29, 1.82) is 0 Å². The van der Waals surface area contributed by atoms with Gasteiger partial charge >= 0.3 is 5.97 Å².